The third kappa shape index (κ3) is 6.71. The topological polar surface area (TPSA) is 25.8 Å². The van der Waals surface area contributed by atoms with E-state index in [0.717, 1.165) is 33.6 Å². The van der Waals surface area contributed by atoms with Crippen LogP contribution in [0, 0.1) is 0 Å². The van der Waals surface area contributed by atoms with E-state index in [1.165, 1.54) is 91.4 Å². The van der Waals surface area contributed by atoms with Crippen LogP contribution in [-0.4, -0.2) is 9.97 Å². The van der Waals surface area contributed by atoms with E-state index in [1.807, 2.05) is 29.5 Å². The molecule has 0 atom stereocenters. The molecule has 0 spiro atoms. The number of hydrogen-bond donors (Lipinski definition) is 0. The molecule has 0 fully saturated rings. The molecule has 312 valence electrons. The van der Waals surface area contributed by atoms with Gasteiger partial charge in [0.15, 0.2) is 5.82 Å². The lowest BCUT2D eigenvalue weighted by Crippen LogP contribution is -1.97. The quantitative estimate of drug-likeness (QED) is 0.118. The van der Waals surface area contributed by atoms with E-state index in [0.29, 0.717) is 5.82 Å². The molecule has 67 heavy (non-hydrogen) atoms. The van der Waals surface area contributed by atoms with E-state index in [-0.39, 0.29) is 0 Å². The number of fused-ring (bicyclic) bond motifs is 6. The van der Waals surface area contributed by atoms with Crippen LogP contribution in [0.15, 0.2) is 243 Å². The van der Waals surface area contributed by atoms with Crippen LogP contribution >= 0.6 is 11.3 Å². The van der Waals surface area contributed by atoms with Crippen molar-refractivity contribution in [3.05, 3.63) is 243 Å². The maximum absolute atomic E-state index is 5.24. The molecule has 13 rings (SSSR count). The third-order valence-corrected chi connectivity index (χ3v) is 14.5. The minimum atomic E-state index is 0.703. The van der Waals surface area contributed by atoms with Crippen LogP contribution in [0.1, 0.15) is 0 Å². The Balaban J connectivity index is 0.950. The Labute approximate surface area is 392 Å². The van der Waals surface area contributed by atoms with E-state index < -0.39 is 0 Å². The highest BCUT2D eigenvalue weighted by Gasteiger charge is 2.21. The predicted molar refractivity (Wildman–Crippen MR) is 285 cm³/mol. The largest absolute Gasteiger partial charge is 0.228 e. The van der Waals surface area contributed by atoms with E-state index >= 15 is 0 Å². The Kier molecular flexibility index (Phi) is 9.40. The van der Waals surface area contributed by atoms with Gasteiger partial charge in [0.25, 0.3) is 0 Å². The lowest BCUT2D eigenvalue weighted by Gasteiger charge is -2.21. The predicted octanol–water partition coefficient (Wildman–Crippen LogP) is 18.0. The van der Waals surface area contributed by atoms with Crippen LogP contribution < -0.4 is 0 Å². The Hall–Kier alpha value is -8.50. The number of thiophene rings is 1. The molecule has 0 saturated carbocycles. The molecule has 2 heterocycles. The number of hydrogen-bond acceptors (Lipinski definition) is 3. The third-order valence-electron chi connectivity index (χ3n) is 13.3. The summed E-state index contributed by atoms with van der Waals surface area (Å²) >= 11 is 1.82. The van der Waals surface area contributed by atoms with Gasteiger partial charge in [0.2, 0.25) is 0 Å². The fourth-order valence-electron chi connectivity index (χ4n) is 10.2. The molecule has 13 aromatic rings. The second-order valence-corrected chi connectivity index (χ2v) is 18.3. The Morgan fingerprint density at radius 3 is 1.58 bits per heavy atom. The molecule has 0 N–H and O–H groups in total. The molecule has 3 heteroatoms. The van der Waals surface area contributed by atoms with Crippen molar-refractivity contribution in [3.63, 3.8) is 0 Å². The van der Waals surface area contributed by atoms with Gasteiger partial charge in [-0.2, -0.15) is 0 Å². The van der Waals surface area contributed by atoms with Crippen LogP contribution in [0.25, 0.3) is 131 Å². The average Bonchev–Trinajstić information content (AvgIpc) is 3.85. The molecule has 0 aliphatic heterocycles. The molecule has 2 nitrogen and oxygen atoms in total. The monoisotopic (exact) mass is 868 g/mol. The normalized spacial score (nSPS) is 11.6. The zero-order valence-electron chi connectivity index (χ0n) is 36.4. The van der Waals surface area contributed by atoms with Crippen molar-refractivity contribution in [2.24, 2.45) is 0 Å². The van der Waals surface area contributed by atoms with Crippen molar-refractivity contribution in [1.82, 2.24) is 9.97 Å². The van der Waals surface area contributed by atoms with E-state index in [2.05, 4.69) is 224 Å². The van der Waals surface area contributed by atoms with Gasteiger partial charge < -0.3 is 0 Å². The minimum absolute atomic E-state index is 0.703. The van der Waals surface area contributed by atoms with Crippen molar-refractivity contribution < 1.29 is 0 Å². The molecule has 0 radical (unpaired) electrons. The molecule has 0 aliphatic rings. The summed E-state index contributed by atoms with van der Waals surface area (Å²) in [6.07, 6.45) is 0. The highest BCUT2D eigenvalue weighted by Crippen LogP contribution is 2.48. The van der Waals surface area contributed by atoms with Gasteiger partial charge in [0.1, 0.15) is 0 Å². The first kappa shape index (κ1) is 38.9. The van der Waals surface area contributed by atoms with Gasteiger partial charge in [0.05, 0.1) is 11.4 Å². The number of rotatable bonds is 7. The summed E-state index contributed by atoms with van der Waals surface area (Å²) in [5.74, 6) is 0.703. The van der Waals surface area contributed by atoms with Gasteiger partial charge >= 0.3 is 0 Å². The van der Waals surface area contributed by atoms with Crippen LogP contribution in [-0.2, 0) is 0 Å². The fraction of sp³-hybridized carbons (Fsp3) is 0. The van der Waals surface area contributed by atoms with E-state index in [9.17, 15) is 0 Å². The first-order valence-electron chi connectivity index (χ1n) is 22.8. The average molecular weight is 869 g/mol. The van der Waals surface area contributed by atoms with Crippen LogP contribution in [0.3, 0.4) is 0 Å². The van der Waals surface area contributed by atoms with Crippen molar-refractivity contribution in [3.8, 4) is 77.7 Å². The van der Waals surface area contributed by atoms with Crippen LogP contribution in [0.4, 0.5) is 0 Å². The molecule has 11 aromatic carbocycles. The van der Waals surface area contributed by atoms with Gasteiger partial charge in [-0.15, -0.1) is 11.3 Å². The molecule has 0 bridgehead atoms. The molecule has 0 amide bonds. The lowest BCUT2D eigenvalue weighted by molar-refractivity contribution is 1.18. The summed E-state index contributed by atoms with van der Waals surface area (Å²) in [6, 6.07) is 87.7. The Bertz CT molecular complexity index is 3990. The lowest BCUT2D eigenvalue weighted by atomic mass is 9.82. The maximum Gasteiger partial charge on any atom is 0.160 e. The van der Waals surface area contributed by atoms with Crippen molar-refractivity contribution in [1.29, 1.82) is 0 Å². The number of aromatic nitrogens is 2. The highest BCUT2D eigenvalue weighted by atomic mass is 32.1. The minimum Gasteiger partial charge on any atom is -0.228 e. The number of benzene rings is 11. The molecule has 0 aliphatic carbocycles. The smallest absolute Gasteiger partial charge is 0.160 e. The van der Waals surface area contributed by atoms with Gasteiger partial charge in [-0.1, -0.05) is 224 Å². The molecule has 0 unspecified atom stereocenters. The van der Waals surface area contributed by atoms with Gasteiger partial charge in [-0.3, -0.25) is 0 Å². The summed E-state index contributed by atoms with van der Waals surface area (Å²) in [7, 11) is 0. The molecule has 2 aromatic heterocycles. The van der Waals surface area contributed by atoms with E-state index in [4.69, 9.17) is 9.97 Å². The zero-order valence-corrected chi connectivity index (χ0v) is 37.2. The van der Waals surface area contributed by atoms with Crippen LogP contribution in [0.2, 0.25) is 0 Å². The SMILES string of the molecule is c1ccc(-c2nc(-c3ccc(-c4ccc(-c5c6ccccc6c(-c6ccccc6)c6c5ccc5ccccc56)c5ccccc45)cc3)cc(-c3ccccc3-c3cc4ccccc4s3)n2)cc1. The second kappa shape index (κ2) is 16.2. The van der Waals surface area contributed by atoms with Crippen molar-refractivity contribution >= 4 is 64.5 Å². The Morgan fingerprint density at radius 2 is 0.836 bits per heavy atom. The van der Waals surface area contributed by atoms with Crippen molar-refractivity contribution in [2.45, 2.75) is 0 Å². The maximum atomic E-state index is 5.24. The highest BCUT2D eigenvalue weighted by molar-refractivity contribution is 7.22. The molecular formula is C64H40N2S. The molecular weight excluding hydrogens is 829 g/mol. The first-order valence-corrected chi connectivity index (χ1v) is 23.6. The van der Waals surface area contributed by atoms with Gasteiger partial charge in [-0.25, -0.2) is 9.97 Å². The van der Waals surface area contributed by atoms with Crippen molar-refractivity contribution in [2.75, 3.05) is 0 Å². The summed E-state index contributed by atoms with van der Waals surface area (Å²) in [5.41, 5.74) is 13.4. The summed E-state index contributed by atoms with van der Waals surface area (Å²) in [5, 5.41) is 11.2. The number of nitrogens with zero attached hydrogens (tertiary/aromatic N) is 2. The second-order valence-electron chi connectivity index (χ2n) is 17.2. The molecule has 0 saturated heterocycles. The summed E-state index contributed by atoms with van der Waals surface area (Å²) in [6.45, 7) is 0. The van der Waals surface area contributed by atoms with E-state index in [1.54, 1.807) is 0 Å². The first-order chi connectivity index (χ1) is 33.2. The van der Waals surface area contributed by atoms with Gasteiger partial charge in [0, 0.05) is 31.8 Å². The van der Waals surface area contributed by atoms with Crippen LogP contribution in [0.5, 0.6) is 0 Å². The fourth-order valence-corrected chi connectivity index (χ4v) is 11.3. The van der Waals surface area contributed by atoms with Gasteiger partial charge in [-0.05, 0) is 100 Å². The summed E-state index contributed by atoms with van der Waals surface area (Å²) in [4.78, 5) is 11.7. The zero-order chi connectivity index (χ0) is 44.3. The Morgan fingerprint density at radius 1 is 0.284 bits per heavy atom. The summed E-state index contributed by atoms with van der Waals surface area (Å²) < 4.78 is 1.27. The standard InChI is InChI=1S/C64H40N2S/c1-3-18-44(19-4-1)61-53-28-14-15-29-54(53)62(56-36-35-41-17-7-9-23-48(41)63(56)61)55-38-37-47(49-24-10-11-25-50(49)55)42-31-33-43(34-32-42)57-40-58(66-64(65-57)45-20-5-2-6-21-45)51-26-12-13-27-52(51)60-39-46-22-8-16-30-59(46)67-60/h1-40H.